The standard InChI is InChI=1S/C13H17ClN2O2S3/c1-8(11-4-5-13(14)20-11)16-21(17,18)12-6-10(7-15-3)19-9(12)2/h4-6,8,15-16H,7H2,1-3H3. The minimum atomic E-state index is -3.53. The van der Waals surface area contributed by atoms with Crippen molar-refractivity contribution in [2.45, 2.75) is 31.3 Å². The van der Waals surface area contributed by atoms with Gasteiger partial charge in [-0.1, -0.05) is 11.6 Å². The zero-order chi connectivity index (χ0) is 15.6. The Hall–Kier alpha value is -0.440. The van der Waals surface area contributed by atoms with Crippen molar-refractivity contribution in [3.8, 4) is 0 Å². The Bertz CT molecular complexity index is 722. The molecule has 1 unspecified atom stereocenters. The Morgan fingerprint density at radius 3 is 2.62 bits per heavy atom. The van der Waals surface area contributed by atoms with Crippen LogP contribution < -0.4 is 10.0 Å². The molecule has 0 fully saturated rings. The largest absolute Gasteiger partial charge is 0.315 e. The van der Waals surface area contributed by atoms with E-state index in [-0.39, 0.29) is 6.04 Å². The molecule has 2 aromatic heterocycles. The van der Waals surface area contributed by atoms with Gasteiger partial charge in [0.15, 0.2) is 0 Å². The lowest BCUT2D eigenvalue weighted by atomic mass is 10.3. The van der Waals surface area contributed by atoms with Crippen molar-refractivity contribution >= 4 is 44.3 Å². The normalized spacial score (nSPS) is 13.5. The van der Waals surface area contributed by atoms with Crippen molar-refractivity contribution in [2.75, 3.05) is 7.05 Å². The second-order valence-electron chi connectivity index (χ2n) is 4.65. The Balaban J connectivity index is 2.22. The van der Waals surface area contributed by atoms with E-state index in [1.54, 1.807) is 12.1 Å². The van der Waals surface area contributed by atoms with Gasteiger partial charge in [-0.15, -0.1) is 22.7 Å². The van der Waals surface area contributed by atoms with Crippen molar-refractivity contribution in [2.24, 2.45) is 0 Å². The molecule has 21 heavy (non-hydrogen) atoms. The van der Waals surface area contributed by atoms with Gasteiger partial charge < -0.3 is 5.32 Å². The maximum absolute atomic E-state index is 12.5. The third-order valence-electron chi connectivity index (χ3n) is 2.92. The van der Waals surface area contributed by atoms with E-state index in [9.17, 15) is 8.42 Å². The minimum Gasteiger partial charge on any atom is -0.315 e. The fraction of sp³-hybridized carbons (Fsp3) is 0.385. The highest BCUT2D eigenvalue weighted by Crippen LogP contribution is 2.30. The summed E-state index contributed by atoms with van der Waals surface area (Å²) in [6.07, 6.45) is 0. The maximum atomic E-state index is 12.5. The summed E-state index contributed by atoms with van der Waals surface area (Å²) in [6, 6.07) is 5.03. The molecule has 0 spiro atoms. The first-order valence-electron chi connectivity index (χ1n) is 6.35. The average molecular weight is 365 g/mol. The smallest absolute Gasteiger partial charge is 0.242 e. The molecule has 2 rings (SSSR count). The lowest BCUT2D eigenvalue weighted by Gasteiger charge is -2.12. The van der Waals surface area contributed by atoms with Gasteiger partial charge in [0.05, 0.1) is 15.3 Å². The molecule has 0 saturated carbocycles. The Morgan fingerprint density at radius 1 is 1.33 bits per heavy atom. The molecular weight excluding hydrogens is 348 g/mol. The van der Waals surface area contributed by atoms with Gasteiger partial charge in [-0.05, 0) is 39.1 Å². The average Bonchev–Trinajstić information content (AvgIpc) is 2.96. The van der Waals surface area contributed by atoms with E-state index in [0.717, 1.165) is 14.6 Å². The predicted octanol–water partition coefficient (Wildman–Crippen LogP) is 3.53. The van der Waals surface area contributed by atoms with Gasteiger partial charge in [0.1, 0.15) is 0 Å². The number of hydrogen-bond donors (Lipinski definition) is 2. The highest BCUT2D eigenvalue weighted by molar-refractivity contribution is 7.89. The number of rotatable bonds is 6. The number of aryl methyl sites for hydroxylation is 1. The summed E-state index contributed by atoms with van der Waals surface area (Å²) in [5, 5.41) is 3.03. The SMILES string of the molecule is CNCc1cc(S(=O)(=O)NC(C)c2ccc(Cl)s2)c(C)s1. The van der Waals surface area contributed by atoms with Gasteiger partial charge >= 0.3 is 0 Å². The molecule has 1 atom stereocenters. The molecule has 0 aliphatic rings. The topological polar surface area (TPSA) is 58.2 Å². The summed E-state index contributed by atoms with van der Waals surface area (Å²) in [7, 11) is -1.69. The molecule has 0 saturated heterocycles. The molecule has 0 aliphatic heterocycles. The molecule has 2 heterocycles. The van der Waals surface area contributed by atoms with Crippen LogP contribution >= 0.6 is 34.3 Å². The minimum absolute atomic E-state index is 0.306. The molecular formula is C13H17ClN2O2S3. The Morgan fingerprint density at radius 2 is 2.05 bits per heavy atom. The van der Waals surface area contributed by atoms with E-state index < -0.39 is 10.0 Å². The van der Waals surface area contributed by atoms with E-state index in [0.29, 0.717) is 15.8 Å². The van der Waals surface area contributed by atoms with Crippen LogP contribution in [-0.4, -0.2) is 15.5 Å². The first kappa shape index (κ1) is 16.9. The van der Waals surface area contributed by atoms with Crippen LogP contribution in [0.5, 0.6) is 0 Å². The first-order valence-corrected chi connectivity index (χ1v) is 9.84. The summed E-state index contributed by atoms with van der Waals surface area (Å²) in [6.45, 7) is 4.30. The molecule has 0 aliphatic carbocycles. The fourth-order valence-electron chi connectivity index (χ4n) is 1.97. The highest BCUT2D eigenvalue weighted by atomic mass is 35.5. The van der Waals surface area contributed by atoms with Crippen molar-refractivity contribution in [3.63, 3.8) is 0 Å². The summed E-state index contributed by atoms with van der Waals surface area (Å²) in [5.74, 6) is 0. The fourth-order valence-corrected chi connectivity index (χ4v) is 5.98. The molecule has 0 amide bonds. The van der Waals surface area contributed by atoms with Crippen molar-refractivity contribution < 1.29 is 8.42 Å². The van der Waals surface area contributed by atoms with Crippen LogP contribution in [0.1, 0.15) is 27.6 Å². The Kier molecular flexibility index (Phi) is 5.45. The molecule has 0 radical (unpaired) electrons. The summed E-state index contributed by atoms with van der Waals surface area (Å²) in [5.41, 5.74) is 0. The van der Waals surface area contributed by atoms with Gasteiger partial charge in [-0.3, -0.25) is 0 Å². The van der Waals surface area contributed by atoms with Crippen LogP contribution in [0.4, 0.5) is 0 Å². The van der Waals surface area contributed by atoms with E-state index in [1.165, 1.54) is 22.7 Å². The highest BCUT2D eigenvalue weighted by Gasteiger charge is 2.23. The van der Waals surface area contributed by atoms with Crippen molar-refractivity contribution in [1.29, 1.82) is 0 Å². The quantitative estimate of drug-likeness (QED) is 0.824. The Labute approximate surface area is 138 Å². The first-order chi connectivity index (χ1) is 9.83. The second kappa shape index (κ2) is 6.76. The van der Waals surface area contributed by atoms with Crippen LogP contribution in [0.3, 0.4) is 0 Å². The number of hydrogen-bond acceptors (Lipinski definition) is 5. The van der Waals surface area contributed by atoms with Crippen molar-refractivity contribution in [3.05, 3.63) is 37.2 Å². The van der Waals surface area contributed by atoms with E-state index in [2.05, 4.69) is 10.0 Å². The van der Waals surface area contributed by atoms with Gasteiger partial charge in [-0.25, -0.2) is 13.1 Å². The molecule has 2 aromatic rings. The van der Waals surface area contributed by atoms with Gasteiger partial charge in [0.25, 0.3) is 0 Å². The number of nitrogens with one attached hydrogen (secondary N) is 2. The van der Waals surface area contributed by atoms with Gasteiger partial charge in [0.2, 0.25) is 10.0 Å². The van der Waals surface area contributed by atoms with Crippen LogP contribution in [-0.2, 0) is 16.6 Å². The number of halogens is 1. The lowest BCUT2D eigenvalue weighted by Crippen LogP contribution is -2.26. The van der Waals surface area contributed by atoms with Gasteiger partial charge in [-0.2, -0.15) is 0 Å². The molecule has 4 nitrogen and oxygen atoms in total. The summed E-state index contributed by atoms with van der Waals surface area (Å²) >= 11 is 8.77. The summed E-state index contributed by atoms with van der Waals surface area (Å²) < 4.78 is 28.4. The molecule has 116 valence electrons. The lowest BCUT2D eigenvalue weighted by molar-refractivity contribution is 0.568. The van der Waals surface area contributed by atoms with E-state index in [4.69, 9.17) is 11.6 Å². The zero-order valence-electron chi connectivity index (χ0n) is 11.9. The van der Waals surface area contributed by atoms with Crippen LogP contribution in [0.2, 0.25) is 4.34 Å². The van der Waals surface area contributed by atoms with Crippen molar-refractivity contribution in [1.82, 2.24) is 10.0 Å². The number of sulfonamides is 1. The predicted molar refractivity (Wildman–Crippen MR) is 89.9 cm³/mol. The molecule has 2 N–H and O–H groups in total. The third kappa shape index (κ3) is 4.06. The number of thiophene rings is 2. The second-order valence-corrected chi connectivity index (χ2v) is 9.42. The monoisotopic (exact) mass is 364 g/mol. The van der Waals surface area contributed by atoms with Gasteiger partial charge in [0, 0.05) is 21.2 Å². The third-order valence-corrected chi connectivity index (χ3v) is 7.18. The van der Waals surface area contributed by atoms with Crippen LogP contribution in [0, 0.1) is 6.92 Å². The van der Waals surface area contributed by atoms with Crippen LogP contribution in [0.25, 0.3) is 0 Å². The maximum Gasteiger partial charge on any atom is 0.242 e. The summed E-state index contributed by atoms with van der Waals surface area (Å²) in [4.78, 5) is 3.05. The van der Waals surface area contributed by atoms with E-state index in [1.807, 2.05) is 27.0 Å². The van der Waals surface area contributed by atoms with Crippen LogP contribution in [0.15, 0.2) is 23.1 Å². The molecule has 0 aromatic carbocycles. The molecule has 8 heteroatoms. The zero-order valence-corrected chi connectivity index (χ0v) is 15.1. The molecule has 0 bridgehead atoms. The van der Waals surface area contributed by atoms with E-state index >= 15 is 0 Å².